The molecule has 3 nitrogen and oxygen atoms in total. The monoisotopic (exact) mass is 252 g/mol. The lowest BCUT2D eigenvalue weighted by Crippen LogP contribution is -2.36. The lowest BCUT2D eigenvalue weighted by atomic mass is 9.89. The molecule has 1 aromatic carbocycles. The van der Waals surface area contributed by atoms with Crippen LogP contribution in [0.4, 0.5) is 4.39 Å². The summed E-state index contributed by atoms with van der Waals surface area (Å²) in [7, 11) is 0. The van der Waals surface area contributed by atoms with Crippen LogP contribution in [-0.2, 0) is 11.2 Å². The number of halogens is 1. The number of nitrogens with one attached hydrogen (secondary N) is 1. The first-order valence-electron chi connectivity index (χ1n) is 6.14. The van der Waals surface area contributed by atoms with Crippen molar-refractivity contribution >= 4 is 5.91 Å². The molecule has 0 fully saturated rings. The van der Waals surface area contributed by atoms with Crippen molar-refractivity contribution in [1.82, 2.24) is 5.32 Å². The summed E-state index contributed by atoms with van der Waals surface area (Å²) in [6.07, 6.45) is 1.14. The van der Waals surface area contributed by atoms with Crippen molar-refractivity contribution in [2.75, 3.05) is 13.1 Å². The largest absolute Gasteiger partial charge is 0.355 e. The van der Waals surface area contributed by atoms with Crippen LogP contribution < -0.4 is 11.1 Å². The number of benzene rings is 1. The molecule has 0 atom stereocenters. The van der Waals surface area contributed by atoms with Gasteiger partial charge in [-0.1, -0.05) is 26.0 Å². The number of hydrogen-bond donors (Lipinski definition) is 2. The molecule has 1 rings (SSSR count). The van der Waals surface area contributed by atoms with Crippen molar-refractivity contribution in [2.24, 2.45) is 11.1 Å². The summed E-state index contributed by atoms with van der Waals surface area (Å²) >= 11 is 0. The Balaban J connectivity index is 2.40. The molecular weight excluding hydrogens is 231 g/mol. The Labute approximate surface area is 108 Å². The summed E-state index contributed by atoms with van der Waals surface area (Å²) < 4.78 is 12.7. The zero-order valence-corrected chi connectivity index (χ0v) is 11.0. The van der Waals surface area contributed by atoms with Crippen LogP contribution in [0, 0.1) is 11.2 Å². The fraction of sp³-hybridized carbons (Fsp3) is 0.500. The van der Waals surface area contributed by atoms with Gasteiger partial charge in [0.1, 0.15) is 5.82 Å². The zero-order valence-electron chi connectivity index (χ0n) is 11.0. The molecule has 0 aromatic heterocycles. The van der Waals surface area contributed by atoms with Crippen LogP contribution in [0.2, 0.25) is 0 Å². The average Bonchev–Trinajstić information content (AvgIpc) is 2.30. The molecule has 0 saturated carbocycles. The summed E-state index contributed by atoms with van der Waals surface area (Å²) in [5.41, 5.74) is 6.33. The molecule has 1 aromatic rings. The lowest BCUT2D eigenvalue weighted by Gasteiger charge is -2.24. The molecule has 18 heavy (non-hydrogen) atoms. The number of carbonyl (C=O) groups is 1. The van der Waals surface area contributed by atoms with Crippen LogP contribution in [0.1, 0.15) is 25.8 Å². The topological polar surface area (TPSA) is 55.1 Å². The van der Waals surface area contributed by atoms with Gasteiger partial charge in [-0.15, -0.1) is 0 Å². The summed E-state index contributed by atoms with van der Waals surface area (Å²) in [5, 5.41) is 2.88. The van der Waals surface area contributed by atoms with E-state index in [1.165, 1.54) is 12.1 Å². The second-order valence-corrected chi connectivity index (χ2v) is 5.28. The highest BCUT2D eigenvalue weighted by atomic mass is 19.1. The number of rotatable bonds is 6. The number of carbonyl (C=O) groups excluding carboxylic acids is 1. The lowest BCUT2D eigenvalue weighted by molar-refractivity contribution is -0.120. The normalized spacial score (nSPS) is 11.3. The van der Waals surface area contributed by atoms with E-state index in [-0.39, 0.29) is 23.6 Å². The zero-order chi connectivity index (χ0) is 13.6. The SMILES string of the molecule is CC(C)(CCN)CNC(=O)Cc1ccc(F)cc1. The van der Waals surface area contributed by atoms with Gasteiger partial charge in [-0.25, -0.2) is 4.39 Å². The van der Waals surface area contributed by atoms with Gasteiger partial charge in [0, 0.05) is 6.54 Å². The summed E-state index contributed by atoms with van der Waals surface area (Å²) in [4.78, 5) is 11.7. The highest BCUT2D eigenvalue weighted by Gasteiger charge is 2.17. The molecular formula is C14H21FN2O. The van der Waals surface area contributed by atoms with E-state index in [1.807, 2.05) is 0 Å². The third-order valence-electron chi connectivity index (χ3n) is 2.86. The third kappa shape index (κ3) is 5.27. The maximum absolute atomic E-state index is 12.7. The Morgan fingerprint density at radius 2 is 1.94 bits per heavy atom. The van der Waals surface area contributed by atoms with Gasteiger partial charge in [0.2, 0.25) is 5.91 Å². The van der Waals surface area contributed by atoms with E-state index in [0.717, 1.165) is 12.0 Å². The Bertz CT molecular complexity index is 387. The second kappa shape index (κ2) is 6.50. The summed E-state index contributed by atoms with van der Waals surface area (Å²) in [6.45, 7) is 5.35. The van der Waals surface area contributed by atoms with Crippen LogP contribution in [0.25, 0.3) is 0 Å². The summed E-state index contributed by atoms with van der Waals surface area (Å²) in [5.74, 6) is -0.338. The third-order valence-corrected chi connectivity index (χ3v) is 2.86. The Hall–Kier alpha value is -1.42. The first kappa shape index (κ1) is 14.6. The summed E-state index contributed by atoms with van der Waals surface area (Å²) in [6, 6.07) is 5.97. The molecule has 0 saturated heterocycles. The van der Waals surface area contributed by atoms with Crippen LogP contribution in [0.3, 0.4) is 0 Å². The van der Waals surface area contributed by atoms with Crippen molar-refractivity contribution in [3.8, 4) is 0 Å². The molecule has 0 aliphatic heterocycles. The van der Waals surface area contributed by atoms with Gasteiger partial charge in [0.15, 0.2) is 0 Å². The molecule has 0 unspecified atom stereocenters. The maximum Gasteiger partial charge on any atom is 0.224 e. The van der Waals surface area contributed by atoms with Crippen molar-refractivity contribution in [3.05, 3.63) is 35.6 Å². The molecule has 0 bridgehead atoms. The van der Waals surface area contributed by atoms with Gasteiger partial charge in [0.05, 0.1) is 6.42 Å². The Kier molecular flexibility index (Phi) is 5.28. The second-order valence-electron chi connectivity index (χ2n) is 5.28. The van der Waals surface area contributed by atoms with Crippen molar-refractivity contribution in [2.45, 2.75) is 26.7 Å². The molecule has 0 radical (unpaired) electrons. The van der Waals surface area contributed by atoms with E-state index >= 15 is 0 Å². The Morgan fingerprint density at radius 3 is 2.50 bits per heavy atom. The van der Waals surface area contributed by atoms with Crippen molar-refractivity contribution < 1.29 is 9.18 Å². The Morgan fingerprint density at radius 1 is 1.33 bits per heavy atom. The first-order chi connectivity index (χ1) is 8.43. The smallest absolute Gasteiger partial charge is 0.224 e. The van der Waals surface area contributed by atoms with Crippen LogP contribution in [0.15, 0.2) is 24.3 Å². The van der Waals surface area contributed by atoms with Crippen molar-refractivity contribution in [1.29, 1.82) is 0 Å². The minimum Gasteiger partial charge on any atom is -0.355 e. The molecule has 0 spiro atoms. The minimum atomic E-state index is -0.289. The predicted octanol–water partition coefficient (Wildman–Crippen LogP) is 1.86. The molecule has 1 amide bonds. The van der Waals surface area contributed by atoms with Crippen LogP contribution in [-0.4, -0.2) is 19.0 Å². The number of amides is 1. The fourth-order valence-electron chi connectivity index (χ4n) is 1.67. The standard InChI is InChI=1S/C14H21FN2O/c1-14(2,7-8-16)10-17-13(18)9-11-3-5-12(15)6-4-11/h3-6H,7-10,16H2,1-2H3,(H,17,18). The molecule has 0 aliphatic carbocycles. The average molecular weight is 252 g/mol. The fourth-order valence-corrected chi connectivity index (χ4v) is 1.67. The van der Waals surface area contributed by atoms with E-state index in [4.69, 9.17) is 5.73 Å². The van der Waals surface area contributed by atoms with E-state index < -0.39 is 0 Å². The van der Waals surface area contributed by atoms with E-state index in [1.54, 1.807) is 12.1 Å². The van der Waals surface area contributed by atoms with E-state index in [9.17, 15) is 9.18 Å². The predicted molar refractivity (Wildman–Crippen MR) is 70.6 cm³/mol. The number of hydrogen-bond acceptors (Lipinski definition) is 2. The van der Waals surface area contributed by atoms with Crippen molar-refractivity contribution in [3.63, 3.8) is 0 Å². The van der Waals surface area contributed by atoms with Gasteiger partial charge < -0.3 is 11.1 Å². The highest BCUT2D eigenvalue weighted by molar-refractivity contribution is 5.78. The highest BCUT2D eigenvalue weighted by Crippen LogP contribution is 2.17. The molecule has 0 aliphatic rings. The first-order valence-corrected chi connectivity index (χ1v) is 6.14. The molecule has 3 N–H and O–H groups in total. The van der Waals surface area contributed by atoms with Crippen LogP contribution >= 0.6 is 0 Å². The number of nitrogens with two attached hydrogens (primary N) is 1. The van der Waals surface area contributed by atoms with Gasteiger partial charge in [-0.2, -0.15) is 0 Å². The molecule has 0 heterocycles. The van der Waals surface area contributed by atoms with Gasteiger partial charge in [-0.05, 0) is 36.1 Å². The van der Waals surface area contributed by atoms with E-state index in [0.29, 0.717) is 13.1 Å². The van der Waals surface area contributed by atoms with E-state index in [2.05, 4.69) is 19.2 Å². The van der Waals surface area contributed by atoms with Gasteiger partial charge >= 0.3 is 0 Å². The quantitative estimate of drug-likeness (QED) is 0.812. The minimum absolute atomic E-state index is 0.00715. The molecule has 4 heteroatoms. The maximum atomic E-state index is 12.7. The van der Waals surface area contributed by atoms with Gasteiger partial charge in [-0.3, -0.25) is 4.79 Å². The van der Waals surface area contributed by atoms with Crippen LogP contribution in [0.5, 0.6) is 0 Å². The molecule has 100 valence electrons. The van der Waals surface area contributed by atoms with Gasteiger partial charge in [0.25, 0.3) is 0 Å².